The monoisotopic (exact) mass is 250 g/mol. The van der Waals surface area contributed by atoms with Gasteiger partial charge in [-0.2, -0.15) is 0 Å². The average Bonchev–Trinajstić information content (AvgIpc) is 2.26. The first kappa shape index (κ1) is 13.1. The Bertz CT molecular complexity index is 405. The first-order chi connectivity index (χ1) is 8.35. The summed E-state index contributed by atoms with van der Waals surface area (Å²) in [5.41, 5.74) is 2.01. The third-order valence-corrected chi connectivity index (χ3v) is 3.04. The molecule has 0 aromatic rings. The fraction of sp³-hybridized carbons (Fsp3) is 0.643. The van der Waals surface area contributed by atoms with Crippen LogP contribution in [0.25, 0.3) is 0 Å². The molecule has 4 heteroatoms. The zero-order chi connectivity index (χ0) is 13.3. The molecule has 0 saturated carbocycles. The largest absolute Gasteiger partial charge is 0.459 e. The van der Waals surface area contributed by atoms with Gasteiger partial charge in [-0.05, 0) is 40.2 Å². The topological polar surface area (TPSA) is 50.4 Å². The molecule has 4 nitrogen and oxygen atoms in total. The summed E-state index contributed by atoms with van der Waals surface area (Å²) in [4.78, 5) is 12.0. The van der Waals surface area contributed by atoms with Crippen molar-refractivity contribution in [2.24, 2.45) is 0 Å². The molecule has 2 atom stereocenters. The molecule has 0 aromatic carbocycles. The fourth-order valence-corrected chi connectivity index (χ4v) is 2.21. The van der Waals surface area contributed by atoms with Crippen molar-refractivity contribution < 1.29 is 9.53 Å². The van der Waals surface area contributed by atoms with Gasteiger partial charge >= 0.3 is 5.97 Å². The Morgan fingerprint density at radius 1 is 1.44 bits per heavy atom. The van der Waals surface area contributed by atoms with E-state index in [1.807, 2.05) is 20.8 Å². The molecule has 0 radical (unpaired) electrons. The van der Waals surface area contributed by atoms with Gasteiger partial charge < -0.3 is 10.1 Å². The van der Waals surface area contributed by atoms with Crippen LogP contribution in [0.1, 0.15) is 34.1 Å². The van der Waals surface area contributed by atoms with Crippen LogP contribution < -0.4 is 10.6 Å². The van der Waals surface area contributed by atoms with Crippen LogP contribution in [0, 0.1) is 0 Å². The average molecular weight is 250 g/mol. The zero-order valence-electron chi connectivity index (χ0n) is 11.5. The van der Waals surface area contributed by atoms with Crippen molar-refractivity contribution in [2.75, 3.05) is 6.54 Å². The number of ether oxygens (including phenoxy) is 1. The van der Waals surface area contributed by atoms with Crippen molar-refractivity contribution in [3.63, 3.8) is 0 Å². The highest BCUT2D eigenvalue weighted by atomic mass is 16.6. The highest BCUT2D eigenvalue weighted by Gasteiger charge is 2.32. The first-order valence-corrected chi connectivity index (χ1v) is 6.46. The first-order valence-electron chi connectivity index (χ1n) is 6.46. The number of hydrogen-bond donors (Lipinski definition) is 2. The van der Waals surface area contributed by atoms with Gasteiger partial charge in [0.25, 0.3) is 0 Å². The molecule has 18 heavy (non-hydrogen) atoms. The minimum atomic E-state index is -0.433. The summed E-state index contributed by atoms with van der Waals surface area (Å²) in [5, 5.41) is 6.67. The number of carbonyl (C=O) groups is 1. The van der Waals surface area contributed by atoms with E-state index in [2.05, 4.69) is 29.7 Å². The minimum absolute atomic E-state index is 0.180. The van der Waals surface area contributed by atoms with Gasteiger partial charge in [-0.15, -0.1) is 0 Å². The molecule has 2 aliphatic rings. The Balaban J connectivity index is 1.97. The van der Waals surface area contributed by atoms with Gasteiger partial charge in [0.2, 0.25) is 0 Å². The van der Waals surface area contributed by atoms with E-state index in [1.54, 1.807) is 0 Å². The van der Waals surface area contributed by atoms with Crippen LogP contribution >= 0.6 is 0 Å². The van der Waals surface area contributed by atoms with Crippen LogP contribution in [0.3, 0.4) is 0 Å². The lowest BCUT2D eigenvalue weighted by Gasteiger charge is -2.35. The smallest absolute Gasteiger partial charge is 0.325 e. The van der Waals surface area contributed by atoms with Crippen LogP contribution in [0.4, 0.5) is 0 Å². The number of rotatable bonds is 1. The lowest BCUT2D eigenvalue weighted by Crippen LogP contribution is -2.58. The van der Waals surface area contributed by atoms with Crippen LogP contribution in [0.5, 0.6) is 0 Å². The SMILES string of the molecule is CC1=CCC2NC(C(=O)OC(C)(C)C)CNC2=C1. The molecular weight excluding hydrogens is 228 g/mol. The Hall–Kier alpha value is -1.29. The molecule has 2 rings (SSSR count). The Labute approximate surface area is 108 Å². The number of carbonyl (C=O) groups excluding carboxylic acids is 1. The number of nitrogens with one attached hydrogen (secondary N) is 2. The van der Waals surface area contributed by atoms with E-state index in [1.165, 1.54) is 11.3 Å². The predicted molar refractivity (Wildman–Crippen MR) is 71.0 cm³/mol. The second kappa shape index (κ2) is 4.76. The van der Waals surface area contributed by atoms with E-state index < -0.39 is 5.60 Å². The Morgan fingerprint density at radius 3 is 2.83 bits per heavy atom. The van der Waals surface area contributed by atoms with Crippen molar-refractivity contribution in [1.82, 2.24) is 10.6 Å². The van der Waals surface area contributed by atoms with Gasteiger partial charge in [0.05, 0.1) is 6.04 Å². The molecule has 0 spiro atoms. The lowest BCUT2D eigenvalue weighted by molar-refractivity contribution is -0.157. The van der Waals surface area contributed by atoms with Gasteiger partial charge in [-0.3, -0.25) is 10.1 Å². The molecular formula is C14H22N2O2. The highest BCUT2D eigenvalue weighted by Crippen LogP contribution is 2.20. The van der Waals surface area contributed by atoms with Crippen LogP contribution in [-0.2, 0) is 9.53 Å². The molecule has 1 saturated heterocycles. The van der Waals surface area contributed by atoms with E-state index in [0.29, 0.717) is 6.54 Å². The van der Waals surface area contributed by atoms with Gasteiger partial charge in [0.15, 0.2) is 0 Å². The van der Waals surface area contributed by atoms with Crippen LogP contribution in [-0.4, -0.2) is 30.2 Å². The Kier molecular flexibility index (Phi) is 3.48. The number of piperazine rings is 1. The van der Waals surface area contributed by atoms with Gasteiger partial charge in [0.1, 0.15) is 11.6 Å². The van der Waals surface area contributed by atoms with E-state index in [9.17, 15) is 4.79 Å². The molecule has 2 unspecified atom stereocenters. The van der Waals surface area contributed by atoms with Gasteiger partial charge in [-0.1, -0.05) is 11.6 Å². The summed E-state index contributed by atoms with van der Waals surface area (Å²) in [6.07, 6.45) is 5.23. The van der Waals surface area contributed by atoms with Crippen LogP contribution in [0.15, 0.2) is 23.4 Å². The molecule has 1 aliphatic heterocycles. The molecule has 0 bridgehead atoms. The second-order valence-electron chi connectivity index (χ2n) is 5.97. The standard InChI is InChI=1S/C14H22N2O2/c1-9-5-6-10-11(7-9)15-8-12(16-10)13(17)18-14(2,3)4/h5,7,10,12,15-16H,6,8H2,1-4H3. The predicted octanol–water partition coefficient (Wildman–Crippen LogP) is 1.49. The summed E-state index contributed by atoms with van der Waals surface area (Å²) in [6, 6.07) is -0.0573. The molecule has 100 valence electrons. The Morgan fingerprint density at radius 2 is 2.17 bits per heavy atom. The summed E-state index contributed by atoms with van der Waals surface area (Å²) in [6.45, 7) is 8.34. The maximum absolute atomic E-state index is 12.0. The molecule has 0 amide bonds. The third-order valence-electron chi connectivity index (χ3n) is 3.04. The summed E-state index contributed by atoms with van der Waals surface area (Å²) < 4.78 is 5.40. The minimum Gasteiger partial charge on any atom is -0.459 e. The number of allylic oxidation sites excluding steroid dienone is 2. The summed E-state index contributed by atoms with van der Waals surface area (Å²) >= 11 is 0. The van der Waals surface area contributed by atoms with Crippen molar-refractivity contribution in [2.45, 2.75) is 51.8 Å². The molecule has 1 aliphatic carbocycles. The third kappa shape index (κ3) is 3.13. The van der Waals surface area contributed by atoms with Gasteiger partial charge in [-0.25, -0.2) is 0 Å². The maximum atomic E-state index is 12.0. The summed E-state index contributed by atoms with van der Waals surface area (Å²) in [7, 11) is 0. The normalized spacial score (nSPS) is 27.6. The molecule has 1 heterocycles. The van der Waals surface area contributed by atoms with Crippen molar-refractivity contribution in [3.05, 3.63) is 23.4 Å². The van der Waals surface area contributed by atoms with E-state index in [4.69, 9.17) is 4.74 Å². The number of fused-ring (bicyclic) bond motifs is 1. The van der Waals surface area contributed by atoms with Crippen molar-refractivity contribution >= 4 is 5.97 Å². The highest BCUT2D eigenvalue weighted by molar-refractivity contribution is 5.77. The molecule has 2 N–H and O–H groups in total. The van der Waals surface area contributed by atoms with Crippen LogP contribution in [0.2, 0.25) is 0 Å². The quantitative estimate of drug-likeness (QED) is 0.692. The lowest BCUT2D eigenvalue weighted by atomic mass is 9.97. The number of hydrogen-bond acceptors (Lipinski definition) is 4. The molecule has 1 fully saturated rings. The second-order valence-corrected chi connectivity index (χ2v) is 5.97. The molecule has 0 aromatic heterocycles. The van der Waals surface area contributed by atoms with Crippen molar-refractivity contribution in [1.29, 1.82) is 0 Å². The van der Waals surface area contributed by atoms with E-state index >= 15 is 0 Å². The van der Waals surface area contributed by atoms with E-state index in [0.717, 1.165) is 6.42 Å². The fourth-order valence-electron chi connectivity index (χ4n) is 2.21. The van der Waals surface area contributed by atoms with E-state index in [-0.39, 0.29) is 18.1 Å². The summed E-state index contributed by atoms with van der Waals surface area (Å²) in [5.74, 6) is -0.180. The zero-order valence-corrected chi connectivity index (χ0v) is 11.5. The van der Waals surface area contributed by atoms with Crippen molar-refractivity contribution in [3.8, 4) is 0 Å². The maximum Gasteiger partial charge on any atom is 0.325 e. The van der Waals surface area contributed by atoms with Gasteiger partial charge in [0, 0.05) is 12.2 Å². The number of esters is 1.